The van der Waals surface area contributed by atoms with Crippen molar-refractivity contribution in [2.45, 2.75) is 45.4 Å². The first-order valence-corrected chi connectivity index (χ1v) is 9.02. The molecule has 3 heterocycles. The standard InChI is InChI=1S/C19H22FN5O/c1-13-7-4-5-8-14(13)11-21-17-16-18(24-19(20)23-17)25(12-22-16)15-9-3-2-6-10-26-15/h4-5,7-8,12,15H,2-3,6,9-11H2,1H3,(H,21,23,24). The third-order valence-electron chi connectivity index (χ3n) is 4.82. The topological polar surface area (TPSA) is 64.9 Å². The molecule has 0 aliphatic carbocycles. The van der Waals surface area contributed by atoms with Crippen molar-refractivity contribution >= 4 is 17.0 Å². The number of ether oxygens (including phenoxy) is 1. The fourth-order valence-electron chi connectivity index (χ4n) is 3.33. The van der Waals surface area contributed by atoms with Gasteiger partial charge in [0.15, 0.2) is 17.0 Å². The highest BCUT2D eigenvalue weighted by molar-refractivity contribution is 5.82. The van der Waals surface area contributed by atoms with E-state index in [-0.39, 0.29) is 6.23 Å². The summed E-state index contributed by atoms with van der Waals surface area (Å²) in [7, 11) is 0. The number of anilines is 1. The second-order valence-electron chi connectivity index (χ2n) is 6.62. The van der Waals surface area contributed by atoms with Crippen molar-refractivity contribution in [1.29, 1.82) is 0 Å². The van der Waals surface area contributed by atoms with Gasteiger partial charge in [-0.05, 0) is 37.3 Å². The van der Waals surface area contributed by atoms with Crippen LogP contribution in [0.2, 0.25) is 0 Å². The largest absolute Gasteiger partial charge is 0.364 e. The lowest BCUT2D eigenvalue weighted by Crippen LogP contribution is -2.12. The van der Waals surface area contributed by atoms with Crippen molar-refractivity contribution in [3.63, 3.8) is 0 Å². The number of imidazole rings is 1. The Bertz CT molecular complexity index is 902. The molecular formula is C19H22FN5O. The molecule has 26 heavy (non-hydrogen) atoms. The van der Waals surface area contributed by atoms with E-state index in [0.717, 1.165) is 31.2 Å². The normalized spacial score (nSPS) is 18.0. The van der Waals surface area contributed by atoms with Gasteiger partial charge in [0.1, 0.15) is 6.23 Å². The van der Waals surface area contributed by atoms with Crippen LogP contribution < -0.4 is 5.32 Å². The lowest BCUT2D eigenvalue weighted by atomic mass is 10.1. The summed E-state index contributed by atoms with van der Waals surface area (Å²) in [5, 5.41) is 3.21. The van der Waals surface area contributed by atoms with Crippen LogP contribution in [0.25, 0.3) is 11.2 Å². The SMILES string of the molecule is Cc1ccccc1CNc1nc(F)nc2c1ncn2C1CCCCCO1. The Hall–Kier alpha value is -2.54. The van der Waals surface area contributed by atoms with Gasteiger partial charge in [0.2, 0.25) is 0 Å². The summed E-state index contributed by atoms with van der Waals surface area (Å²) >= 11 is 0. The quantitative estimate of drug-likeness (QED) is 0.717. The summed E-state index contributed by atoms with van der Waals surface area (Å²) in [5.41, 5.74) is 3.33. The van der Waals surface area contributed by atoms with E-state index < -0.39 is 6.08 Å². The molecule has 1 atom stereocenters. The molecule has 7 heteroatoms. The van der Waals surface area contributed by atoms with Crippen LogP contribution in [0, 0.1) is 13.0 Å². The predicted molar refractivity (Wildman–Crippen MR) is 97.2 cm³/mol. The second-order valence-corrected chi connectivity index (χ2v) is 6.62. The third kappa shape index (κ3) is 3.39. The van der Waals surface area contributed by atoms with Gasteiger partial charge in [-0.1, -0.05) is 30.7 Å². The van der Waals surface area contributed by atoms with Crippen LogP contribution in [0.3, 0.4) is 0 Å². The van der Waals surface area contributed by atoms with Gasteiger partial charge in [0.25, 0.3) is 0 Å². The monoisotopic (exact) mass is 355 g/mol. The van der Waals surface area contributed by atoms with Gasteiger partial charge in [0, 0.05) is 13.2 Å². The van der Waals surface area contributed by atoms with Crippen molar-refractivity contribution in [3.05, 3.63) is 47.8 Å². The first-order valence-electron chi connectivity index (χ1n) is 9.02. The molecule has 0 bridgehead atoms. The lowest BCUT2D eigenvalue weighted by molar-refractivity contribution is 0.00928. The van der Waals surface area contributed by atoms with Crippen LogP contribution in [0.4, 0.5) is 10.2 Å². The first-order chi connectivity index (χ1) is 12.7. The van der Waals surface area contributed by atoms with Crippen LogP contribution in [0.5, 0.6) is 0 Å². The van der Waals surface area contributed by atoms with Crippen LogP contribution in [-0.2, 0) is 11.3 Å². The molecule has 0 saturated carbocycles. The minimum Gasteiger partial charge on any atom is -0.364 e. The number of nitrogens with zero attached hydrogens (tertiary/aromatic N) is 4. The number of hydrogen-bond acceptors (Lipinski definition) is 5. The number of aromatic nitrogens is 4. The van der Waals surface area contributed by atoms with Gasteiger partial charge in [-0.2, -0.15) is 14.4 Å². The zero-order valence-corrected chi connectivity index (χ0v) is 14.8. The fraction of sp³-hybridized carbons (Fsp3) is 0.421. The summed E-state index contributed by atoms with van der Waals surface area (Å²) < 4.78 is 21.8. The average molecular weight is 355 g/mol. The molecule has 1 N–H and O–H groups in total. The Kier molecular flexibility index (Phi) is 4.79. The Morgan fingerprint density at radius 2 is 2.12 bits per heavy atom. The number of nitrogens with one attached hydrogen (secondary N) is 1. The van der Waals surface area contributed by atoms with Crippen molar-refractivity contribution in [1.82, 2.24) is 19.5 Å². The lowest BCUT2D eigenvalue weighted by Gasteiger charge is -2.17. The fourth-order valence-corrected chi connectivity index (χ4v) is 3.33. The van der Waals surface area contributed by atoms with E-state index in [4.69, 9.17) is 4.74 Å². The van der Waals surface area contributed by atoms with Gasteiger partial charge in [0.05, 0.1) is 6.33 Å². The molecule has 1 fully saturated rings. The van der Waals surface area contributed by atoms with E-state index in [0.29, 0.717) is 30.1 Å². The number of halogens is 1. The van der Waals surface area contributed by atoms with Crippen molar-refractivity contribution in [3.8, 4) is 0 Å². The maximum atomic E-state index is 14.1. The highest BCUT2D eigenvalue weighted by Crippen LogP contribution is 2.27. The molecule has 136 valence electrons. The van der Waals surface area contributed by atoms with E-state index in [1.807, 2.05) is 35.8 Å². The Morgan fingerprint density at radius 1 is 1.23 bits per heavy atom. The van der Waals surface area contributed by atoms with Gasteiger partial charge >= 0.3 is 6.08 Å². The Balaban J connectivity index is 1.64. The number of rotatable bonds is 4. The van der Waals surface area contributed by atoms with Crippen molar-refractivity contribution in [2.24, 2.45) is 0 Å². The molecule has 1 aliphatic rings. The average Bonchev–Trinajstić information content (AvgIpc) is 2.87. The maximum Gasteiger partial charge on any atom is 0.312 e. The maximum absolute atomic E-state index is 14.1. The Labute approximate surface area is 151 Å². The van der Waals surface area contributed by atoms with Gasteiger partial charge < -0.3 is 10.1 Å². The van der Waals surface area contributed by atoms with Crippen LogP contribution in [0.1, 0.15) is 43.0 Å². The molecule has 4 rings (SSSR count). The smallest absolute Gasteiger partial charge is 0.312 e. The molecule has 0 spiro atoms. The molecule has 1 saturated heterocycles. The summed E-state index contributed by atoms with van der Waals surface area (Å²) in [5.74, 6) is 0.406. The molecule has 1 aliphatic heterocycles. The zero-order valence-electron chi connectivity index (χ0n) is 14.8. The summed E-state index contributed by atoms with van der Waals surface area (Å²) in [4.78, 5) is 12.3. The van der Waals surface area contributed by atoms with E-state index in [2.05, 4.69) is 20.3 Å². The highest BCUT2D eigenvalue weighted by Gasteiger charge is 2.20. The van der Waals surface area contributed by atoms with E-state index in [9.17, 15) is 4.39 Å². The minimum atomic E-state index is -0.764. The van der Waals surface area contributed by atoms with E-state index in [1.165, 1.54) is 5.56 Å². The van der Waals surface area contributed by atoms with Crippen LogP contribution in [-0.4, -0.2) is 26.1 Å². The van der Waals surface area contributed by atoms with Crippen molar-refractivity contribution in [2.75, 3.05) is 11.9 Å². The van der Waals surface area contributed by atoms with Gasteiger partial charge in [-0.25, -0.2) is 4.98 Å². The predicted octanol–water partition coefficient (Wildman–Crippen LogP) is 3.98. The molecule has 6 nitrogen and oxygen atoms in total. The van der Waals surface area contributed by atoms with Gasteiger partial charge in [-0.3, -0.25) is 4.57 Å². The Morgan fingerprint density at radius 3 is 3.00 bits per heavy atom. The summed E-state index contributed by atoms with van der Waals surface area (Å²) in [6.07, 6.45) is 4.92. The number of fused-ring (bicyclic) bond motifs is 1. The van der Waals surface area contributed by atoms with Gasteiger partial charge in [-0.15, -0.1) is 0 Å². The molecule has 3 aromatic rings. The molecule has 0 amide bonds. The highest BCUT2D eigenvalue weighted by atomic mass is 19.1. The van der Waals surface area contributed by atoms with Crippen molar-refractivity contribution < 1.29 is 9.13 Å². The van der Waals surface area contributed by atoms with E-state index >= 15 is 0 Å². The summed E-state index contributed by atoms with van der Waals surface area (Å²) in [6, 6.07) is 8.06. The van der Waals surface area contributed by atoms with Crippen LogP contribution in [0.15, 0.2) is 30.6 Å². The number of aryl methyl sites for hydroxylation is 1. The molecule has 2 aromatic heterocycles. The second kappa shape index (κ2) is 7.37. The molecule has 1 aromatic carbocycles. The first kappa shape index (κ1) is 16.9. The zero-order chi connectivity index (χ0) is 17.9. The molecule has 0 radical (unpaired) electrons. The summed E-state index contributed by atoms with van der Waals surface area (Å²) in [6.45, 7) is 3.30. The van der Waals surface area contributed by atoms with E-state index in [1.54, 1.807) is 6.33 Å². The van der Waals surface area contributed by atoms with Crippen LogP contribution >= 0.6 is 0 Å². The minimum absolute atomic E-state index is 0.152. The number of benzene rings is 1. The molecule has 1 unspecified atom stereocenters. The number of hydrogen-bond donors (Lipinski definition) is 1. The third-order valence-corrected chi connectivity index (χ3v) is 4.82. The molecular weight excluding hydrogens is 333 g/mol.